The number of aromatic carboxylic acids is 1. The van der Waals surface area contributed by atoms with Crippen LogP contribution >= 0.6 is 11.6 Å². The Morgan fingerprint density at radius 1 is 1.64 bits per heavy atom. The van der Waals surface area contributed by atoms with Crippen LogP contribution in [0.3, 0.4) is 0 Å². The van der Waals surface area contributed by atoms with Gasteiger partial charge in [-0.1, -0.05) is 11.6 Å². The van der Waals surface area contributed by atoms with E-state index in [2.05, 4.69) is 4.74 Å². The van der Waals surface area contributed by atoms with Gasteiger partial charge in [0.05, 0.1) is 12.1 Å². The fraction of sp³-hybridized carbons (Fsp3) is 0.125. The first-order valence-electron chi connectivity index (χ1n) is 3.47. The zero-order chi connectivity index (χ0) is 10.9. The molecule has 1 rings (SSSR count). The predicted octanol–water partition coefficient (Wildman–Crippen LogP) is 1.89. The first-order chi connectivity index (χ1) is 6.49. The largest absolute Gasteiger partial charge is 0.504 e. The van der Waals surface area contributed by atoms with Crippen LogP contribution in [-0.2, 0) is 0 Å². The van der Waals surface area contributed by atoms with E-state index in [9.17, 15) is 9.18 Å². The summed E-state index contributed by atoms with van der Waals surface area (Å²) in [6, 6.07) is 0.918. The number of aromatic hydroxyl groups is 1. The van der Waals surface area contributed by atoms with Gasteiger partial charge in [0.25, 0.3) is 0 Å². The molecule has 0 heterocycles. The predicted molar refractivity (Wildman–Crippen MR) is 46.6 cm³/mol. The normalized spacial score (nSPS) is 9.93. The van der Waals surface area contributed by atoms with Gasteiger partial charge in [-0.2, -0.15) is 4.39 Å². The lowest BCUT2D eigenvalue weighted by atomic mass is 10.2. The van der Waals surface area contributed by atoms with Crippen LogP contribution in [0.4, 0.5) is 4.39 Å². The third-order valence-electron chi connectivity index (χ3n) is 1.58. The van der Waals surface area contributed by atoms with Gasteiger partial charge in [0, 0.05) is 0 Å². The molecule has 0 aliphatic heterocycles. The van der Waals surface area contributed by atoms with Crippen molar-refractivity contribution in [1.82, 2.24) is 0 Å². The van der Waals surface area contributed by atoms with Crippen molar-refractivity contribution in [2.75, 3.05) is 7.11 Å². The highest BCUT2D eigenvalue weighted by Gasteiger charge is 2.21. The SMILES string of the molecule is COc1c(Cl)cc(C(=O)O)c(O)c1F. The maximum atomic E-state index is 13.2. The molecule has 0 unspecified atom stereocenters. The van der Waals surface area contributed by atoms with Crippen molar-refractivity contribution in [3.05, 3.63) is 22.5 Å². The lowest BCUT2D eigenvalue weighted by Gasteiger charge is -2.07. The first kappa shape index (κ1) is 10.6. The number of hydrogen-bond acceptors (Lipinski definition) is 3. The summed E-state index contributed by atoms with van der Waals surface area (Å²) in [5.74, 6) is -4.02. The molecule has 0 aliphatic carbocycles. The van der Waals surface area contributed by atoms with E-state index < -0.39 is 23.1 Å². The van der Waals surface area contributed by atoms with Gasteiger partial charge in [0.2, 0.25) is 5.82 Å². The Bertz CT molecular complexity index is 391. The number of benzene rings is 1. The molecule has 0 spiro atoms. The fourth-order valence-corrected chi connectivity index (χ4v) is 1.21. The zero-order valence-electron chi connectivity index (χ0n) is 7.04. The van der Waals surface area contributed by atoms with Gasteiger partial charge in [0.15, 0.2) is 11.5 Å². The Morgan fingerprint density at radius 3 is 2.64 bits per heavy atom. The summed E-state index contributed by atoms with van der Waals surface area (Å²) in [5, 5.41) is 17.5. The molecule has 2 N–H and O–H groups in total. The Hall–Kier alpha value is -1.49. The zero-order valence-corrected chi connectivity index (χ0v) is 7.80. The Labute approximate surface area is 83.5 Å². The second kappa shape index (κ2) is 3.71. The van der Waals surface area contributed by atoms with Gasteiger partial charge in [-0.25, -0.2) is 4.79 Å². The van der Waals surface area contributed by atoms with E-state index in [1.165, 1.54) is 0 Å². The lowest BCUT2D eigenvalue weighted by molar-refractivity contribution is 0.0692. The van der Waals surface area contributed by atoms with E-state index in [0.717, 1.165) is 13.2 Å². The van der Waals surface area contributed by atoms with E-state index in [1.54, 1.807) is 0 Å². The minimum absolute atomic E-state index is 0.208. The van der Waals surface area contributed by atoms with E-state index in [0.29, 0.717) is 0 Å². The number of methoxy groups -OCH3 is 1. The first-order valence-corrected chi connectivity index (χ1v) is 3.85. The molecule has 6 heteroatoms. The number of phenols is 1. The van der Waals surface area contributed by atoms with Crippen LogP contribution in [0.1, 0.15) is 10.4 Å². The summed E-state index contributed by atoms with van der Waals surface area (Å²) >= 11 is 5.51. The average Bonchev–Trinajstić information content (AvgIpc) is 2.12. The summed E-state index contributed by atoms with van der Waals surface area (Å²) in [7, 11) is 1.16. The highest BCUT2D eigenvalue weighted by Crippen LogP contribution is 2.36. The summed E-state index contributed by atoms with van der Waals surface area (Å²) < 4.78 is 17.7. The Kier molecular flexibility index (Phi) is 2.81. The standard InChI is InChI=1S/C8H6ClFO4/c1-14-7-4(9)2-3(8(12)13)6(11)5(7)10/h2,11H,1H3,(H,12,13). The van der Waals surface area contributed by atoms with Crippen molar-refractivity contribution in [1.29, 1.82) is 0 Å². The molecule has 0 radical (unpaired) electrons. The quantitative estimate of drug-likeness (QED) is 0.799. The molecule has 0 bridgehead atoms. The number of carboxylic acids is 1. The second-order valence-electron chi connectivity index (χ2n) is 2.41. The third-order valence-corrected chi connectivity index (χ3v) is 1.87. The number of carbonyl (C=O) groups is 1. The summed E-state index contributed by atoms with van der Waals surface area (Å²) in [5.41, 5.74) is -0.603. The molecule has 0 atom stereocenters. The molecule has 0 aromatic heterocycles. The van der Waals surface area contributed by atoms with Crippen LogP contribution in [0.5, 0.6) is 11.5 Å². The number of halogens is 2. The molecule has 4 nitrogen and oxygen atoms in total. The molecular formula is C8H6ClFO4. The molecule has 1 aromatic rings. The smallest absolute Gasteiger partial charge is 0.339 e. The molecule has 1 aromatic carbocycles. The minimum atomic E-state index is -1.47. The molecular weight excluding hydrogens is 215 g/mol. The Morgan fingerprint density at radius 2 is 2.21 bits per heavy atom. The summed E-state index contributed by atoms with van der Waals surface area (Å²) in [4.78, 5) is 10.5. The monoisotopic (exact) mass is 220 g/mol. The molecule has 14 heavy (non-hydrogen) atoms. The van der Waals surface area contributed by atoms with Crippen molar-refractivity contribution in [2.24, 2.45) is 0 Å². The minimum Gasteiger partial charge on any atom is -0.504 e. The molecule has 0 aliphatic rings. The molecule has 0 fully saturated rings. The average molecular weight is 221 g/mol. The van der Waals surface area contributed by atoms with Crippen LogP contribution in [0.25, 0.3) is 0 Å². The highest BCUT2D eigenvalue weighted by molar-refractivity contribution is 6.32. The van der Waals surface area contributed by atoms with Crippen LogP contribution in [0.15, 0.2) is 6.07 Å². The van der Waals surface area contributed by atoms with Crippen molar-refractivity contribution < 1.29 is 24.1 Å². The lowest BCUT2D eigenvalue weighted by Crippen LogP contribution is -2.00. The topological polar surface area (TPSA) is 66.8 Å². The molecule has 76 valence electrons. The van der Waals surface area contributed by atoms with Gasteiger partial charge in [-0.15, -0.1) is 0 Å². The van der Waals surface area contributed by atoms with E-state index >= 15 is 0 Å². The van der Waals surface area contributed by atoms with Crippen molar-refractivity contribution in [2.45, 2.75) is 0 Å². The summed E-state index contributed by atoms with van der Waals surface area (Å²) in [6.45, 7) is 0. The van der Waals surface area contributed by atoms with Gasteiger partial charge in [-0.3, -0.25) is 0 Å². The van der Waals surface area contributed by atoms with Gasteiger partial charge < -0.3 is 14.9 Å². The van der Waals surface area contributed by atoms with Crippen molar-refractivity contribution >= 4 is 17.6 Å². The number of hydrogen-bond donors (Lipinski definition) is 2. The summed E-state index contributed by atoms with van der Waals surface area (Å²) in [6.07, 6.45) is 0. The maximum Gasteiger partial charge on any atom is 0.339 e. The van der Waals surface area contributed by atoms with Gasteiger partial charge in [0.1, 0.15) is 5.56 Å². The van der Waals surface area contributed by atoms with E-state index in [4.69, 9.17) is 21.8 Å². The van der Waals surface area contributed by atoms with E-state index in [-0.39, 0.29) is 10.8 Å². The highest BCUT2D eigenvalue weighted by atomic mass is 35.5. The Balaban J connectivity index is 3.47. The molecule has 0 amide bonds. The van der Waals surface area contributed by atoms with Crippen LogP contribution in [0, 0.1) is 5.82 Å². The van der Waals surface area contributed by atoms with Crippen LogP contribution < -0.4 is 4.74 Å². The third kappa shape index (κ3) is 1.58. The molecule has 0 saturated heterocycles. The van der Waals surface area contributed by atoms with Crippen LogP contribution in [0.2, 0.25) is 5.02 Å². The number of ether oxygens (including phenoxy) is 1. The van der Waals surface area contributed by atoms with Gasteiger partial charge >= 0.3 is 5.97 Å². The van der Waals surface area contributed by atoms with Crippen LogP contribution in [-0.4, -0.2) is 23.3 Å². The van der Waals surface area contributed by atoms with Crippen molar-refractivity contribution in [3.8, 4) is 11.5 Å². The van der Waals surface area contributed by atoms with Crippen molar-refractivity contribution in [3.63, 3.8) is 0 Å². The molecule has 0 saturated carbocycles. The fourth-order valence-electron chi connectivity index (χ4n) is 0.941. The number of carboxylic acid groups (broad SMARTS) is 1. The van der Waals surface area contributed by atoms with E-state index in [1.807, 2.05) is 0 Å². The maximum absolute atomic E-state index is 13.2. The van der Waals surface area contributed by atoms with Gasteiger partial charge in [-0.05, 0) is 6.07 Å². The second-order valence-corrected chi connectivity index (χ2v) is 2.81. The number of rotatable bonds is 2.